The Morgan fingerprint density at radius 1 is 1.00 bits per heavy atom. The van der Waals surface area contributed by atoms with Crippen molar-refractivity contribution in [3.05, 3.63) is 35.1 Å². The van der Waals surface area contributed by atoms with Gasteiger partial charge in [0.15, 0.2) is 17.5 Å². The van der Waals surface area contributed by atoms with Crippen molar-refractivity contribution in [3.63, 3.8) is 0 Å². The lowest BCUT2D eigenvalue weighted by atomic mass is 9.89. The van der Waals surface area contributed by atoms with Gasteiger partial charge in [0.1, 0.15) is 0 Å². The molecular weight excluding hydrogens is 239 g/mol. The fourth-order valence-electron chi connectivity index (χ4n) is 2.19. The summed E-state index contributed by atoms with van der Waals surface area (Å²) < 4.78 is 39.2. The van der Waals surface area contributed by atoms with Gasteiger partial charge in [0, 0.05) is 11.1 Å². The highest BCUT2D eigenvalue weighted by molar-refractivity contribution is 5.85. The number of hydrogen-bond acceptors (Lipinski definition) is 1. The molecule has 2 rings (SSSR count). The summed E-state index contributed by atoms with van der Waals surface area (Å²) in [6.07, 6.45) is 3.04. The van der Waals surface area contributed by atoms with E-state index in [0.717, 1.165) is 18.9 Å². The van der Waals surface area contributed by atoms with Crippen molar-refractivity contribution in [1.29, 1.82) is 0 Å². The van der Waals surface area contributed by atoms with Crippen LogP contribution < -0.4 is 5.73 Å². The third-order valence-electron chi connectivity index (χ3n) is 3.07. The van der Waals surface area contributed by atoms with E-state index < -0.39 is 23.0 Å². The van der Waals surface area contributed by atoms with Crippen LogP contribution in [0.15, 0.2) is 12.1 Å². The number of hydrogen-bond donors (Lipinski definition) is 1. The Balaban J connectivity index is 0.00000128. The maximum absolute atomic E-state index is 13.5. The summed E-state index contributed by atoms with van der Waals surface area (Å²) in [6, 6.07) is 2.18. The van der Waals surface area contributed by atoms with E-state index in [-0.39, 0.29) is 18.0 Å². The van der Waals surface area contributed by atoms with E-state index in [1.807, 2.05) is 0 Å². The highest BCUT2D eigenvalue weighted by atomic mass is 35.5. The van der Waals surface area contributed by atoms with E-state index in [4.69, 9.17) is 5.73 Å². The van der Waals surface area contributed by atoms with Gasteiger partial charge >= 0.3 is 0 Å². The first-order valence-corrected chi connectivity index (χ1v) is 4.97. The Bertz CT molecular complexity index is 389. The van der Waals surface area contributed by atoms with E-state index in [2.05, 4.69) is 0 Å². The SMILES string of the molecule is Cl.NC1(c2ccc(F)c(F)c2F)CCCC1. The van der Waals surface area contributed by atoms with Gasteiger partial charge in [0.25, 0.3) is 0 Å². The third kappa shape index (κ3) is 2.04. The average molecular weight is 252 g/mol. The molecule has 1 fully saturated rings. The van der Waals surface area contributed by atoms with Gasteiger partial charge in [-0.15, -0.1) is 12.4 Å². The molecule has 1 saturated carbocycles. The zero-order valence-electron chi connectivity index (χ0n) is 8.60. The van der Waals surface area contributed by atoms with E-state index >= 15 is 0 Å². The molecule has 0 saturated heterocycles. The zero-order valence-corrected chi connectivity index (χ0v) is 9.42. The Labute approximate surface area is 98.2 Å². The number of nitrogens with two attached hydrogens (primary N) is 1. The fraction of sp³-hybridized carbons (Fsp3) is 0.455. The lowest BCUT2D eigenvalue weighted by molar-refractivity contribution is 0.393. The van der Waals surface area contributed by atoms with Gasteiger partial charge in [-0.05, 0) is 18.9 Å². The molecule has 0 spiro atoms. The molecule has 5 heteroatoms. The van der Waals surface area contributed by atoms with Crippen molar-refractivity contribution in [1.82, 2.24) is 0 Å². The summed E-state index contributed by atoms with van der Waals surface area (Å²) in [5.41, 5.74) is 5.25. The van der Waals surface area contributed by atoms with Gasteiger partial charge in [0.05, 0.1) is 0 Å². The Morgan fingerprint density at radius 2 is 1.56 bits per heavy atom. The molecule has 2 N–H and O–H groups in total. The second kappa shape index (κ2) is 4.63. The van der Waals surface area contributed by atoms with Crippen LogP contribution >= 0.6 is 12.4 Å². The van der Waals surface area contributed by atoms with Crippen molar-refractivity contribution in [3.8, 4) is 0 Å². The van der Waals surface area contributed by atoms with Crippen LogP contribution in [-0.4, -0.2) is 0 Å². The molecule has 1 nitrogen and oxygen atoms in total. The smallest absolute Gasteiger partial charge is 0.194 e. The number of rotatable bonds is 1. The molecular formula is C11H13ClF3N. The van der Waals surface area contributed by atoms with Crippen molar-refractivity contribution >= 4 is 12.4 Å². The van der Waals surface area contributed by atoms with Crippen molar-refractivity contribution in [2.75, 3.05) is 0 Å². The van der Waals surface area contributed by atoms with Crippen LogP contribution in [0.3, 0.4) is 0 Å². The minimum Gasteiger partial charge on any atom is -0.321 e. The van der Waals surface area contributed by atoms with Gasteiger partial charge in [-0.3, -0.25) is 0 Å². The Kier molecular flexibility index (Phi) is 3.86. The molecule has 0 unspecified atom stereocenters. The molecule has 90 valence electrons. The van der Waals surface area contributed by atoms with E-state index in [0.29, 0.717) is 12.8 Å². The molecule has 0 bridgehead atoms. The molecule has 0 aliphatic heterocycles. The van der Waals surface area contributed by atoms with E-state index in [9.17, 15) is 13.2 Å². The maximum Gasteiger partial charge on any atom is 0.194 e. The zero-order chi connectivity index (χ0) is 11.1. The molecule has 16 heavy (non-hydrogen) atoms. The van der Waals surface area contributed by atoms with Crippen LogP contribution in [-0.2, 0) is 5.54 Å². The minimum atomic E-state index is -1.43. The van der Waals surface area contributed by atoms with Crippen LogP contribution in [0.25, 0.3) is 0 Å². The van der Waals surface area contributed by atoms with Crippen molar-refractivity contribution in [2.45, 2.75) is 31.2 Å². The monoisotopic (exact) mass is 251 g/mol. The van der Waals surface area contributed by atoms with Crippen LogP contribution in [0, 0.1) is 17.5 Å². The number of benzene rings is 1. The van der Waals surface area contributed by atoms with Gasteiger partial charge < -0.3 is 5.73 Å². The Hall–Kier alpha value is -0.740. The van der Waals surface area contributed by atoms with Gasteiger partial charge in [0.2, 0.25) is 0 Å². The summed E-state index contributed by atoms with van der Waals surface area (Å²) >= 11 is 0. The molecule has 0 atom stereocenters. The van der Waals surface area contributed by atoms with Gasteiger partial charge in [-0.1, -0.05) is 18.9 Å². The molecule has 0 amide bonds. The Morgan fingerprint density at radius 3 is 2.12 bits per heavy atom. The molecule has 0 aromatic heterocycles. The average Bonchev–Trinajstić information content (AvgIpc) is 2.62. The predicted molar refractivity (Wildman–Crippen MR) is 57.9 cm³/mol. The number of halogens is 4. The molecule has 0 radical (unpaired) electrons. The first kappa shape index (κ1) is 13.3. The quantitative estimate of drug-likeness (QED) is 0.762. The fourth-order valence-corrected chi connectivity index (χ4v) is 2.19. The minimum absolute atomic E-state index is 0. The lowest BCUT2D eigenvalue weighted by Crippen LogP contribution is -2.34. The first-order valence-electron chi connectivity index (χ1n) is 4.97. The van der Waals surface area contributed by atoms with Crippen molar-refractivity contribution in [2.24, 2.45) is 5.73 Å². The summed E-state index contributed by atoms with van der Waals surface area (Å²) in [7, 11) is 0. The lowest BCUT2D eigenvalue weighted by Gasteiger charge is -2.24. The van der Waals surface area contributed by atoms with Crippen LogP contribution in [0.1, 0.15) is 31.2 Å². The van der Waals surface area contributed by atoms with E-state index in [1.54, 1.807) is 0 Å². The van der Waals surface area contributed by atoms with Crippen LogP contribution in [0.5, 0.6) is 0 Å². The summed E-state index contributed by atoms with van der Waals surface area (Å²) in [4.78, 5) is 0. The molecule has 1 aromatic carbocycles. The molecule has 1 aliphatic carbocycles. The second-order valence-corrected chi connectivity index (χ2v) is 4.09. The standard InChI is InChI=1S/C11H12F3N.ClH/c12-8-4-3-7(9(13)10(8)14)11(15)5-1-2-6-11;/h3-4H,1-2,5-6,15H2;1H. The highest BCUT2D eigenvalue weighted by Gasteiger charge is 2.35. The normalized spacial score (nSPS) is 18.2. The second-order valence-electron chi connectivity index (χ2n) is 4.09. The van der Waals surface area contributed by atoms with E-state index in [1.165, 1.54) is 6.07 Å². The molecule has 1 aromatic rings. The molecule has 0 heterocycles. The highest BCUT2D eigenvalue weighted by Crippen LogP contribution is 2.38. The summed E-state index contributed by atoms with van der Waals surface area (Å²) in [5.74, 6) is -3.73. The van der Waals surface area contributed by atoms with Crippen LogP contribution in [0.2, 0.25) is 0 Å². The maximum atomic E-state index is 13.5. The van der Waals surface area contributed by atoms with Crippen molar-refractivity contribution < 1.29 is 13.2 Å². The molecule has 1 aliphatic rings. The predicted octanol–water partition coefficient (Wildman–Crippen LogP) is 3.25. The topological polar surface area (TPSA) is 26.0 Å². The third-order valence-corrected chi connectivity index (χ3v) is 3.07. The van der Waals surface area contributed by atoms with Gasteiger partial charge in [-0.25, -0.2) is 13.2 Å². The first-order chi connectivity index (χ1) is 7.04. The summed E-state index contributed by atoms with van der Waals surface area (Å²) in [5, 5.41) is 0. The van der Waals surface area contributed by atoms with Crippen LogP contribution in [0.4, 0.5) is 13.2 Å². The van der Waals surface area contributed by atoms with Gasteiger partial charge in [-0.2, -0.15) is 0 Å². The summed E-state index contributed by atoms with van der Waals surface area (Å²) in [6.45, 7) is 0. The largest absolute Gasteiger partial charge is 0.321 e.